The third kappa shape index (κ3) is 4.89. The predicted octanol–water partition coefficient (Wildman–Crippen LogP) is 1.80. The van der Waals surface area contributed by atoms with Gasteiger partial charge in [-0.25, -0.2) is 0 Å². The first kappa shape index (κ1) is 32.1. The number of phenolic OH excluding ortho intramolecular Hbond substituents is 1. The molecule has 226 valence electrons. The van der Waals surface area contributed by atoms with Gasteiger partial charge in [-0.05, 0) is 56.9 Å². The molecule has 0 spiro atoms. The highest BCUT2D eigenvalue weighted by atomic mass is 16.3. The van der Waals surface area contributed by atoms with Crippen molar-refractivity contribution in [1.82, 2.24) is 10.2 Å². The van der Waals surface area contributed by atoms with Crippen LogP contribution in [-0.2, 0) is 27.3 Å². The average Bonchev–Trinajstić information content (AvgIpc) is 2.86. The molecule has 3 aliphatic rings. The molecule has 0 aliphatic heterocycles. The number of fused-ring (bicyclic) bond motifs is 3. The maximum atomic E-state index is 14.0. The van der Waals surface area contributed by atoms with E-state index in [0.717, 1.165) is 18.7 Å². The summed E-state index contributed by atoms with van der Waals surface area (Å²) in [6, 6.07) is 0.746. The highest BCUT2D eigenvalue weighted by Crippen LogP contribution is 2.54. The van der Waals surface area contributed by atoms with Gasteiger partial charge in [-0.3, -0.25) is 19.3 Å². The van der Waals surface area contributed by atoms with E-state index in [9.17, 15) is 34.8 Å². The zero-order valence-electron chi connectivity index (χ0n) is 23.9. The number of nitrogens with zero attached hydrogens (tertiary/aromatic N) is 2. The molecule has 7 N–H and O–H groups in total. The summed E-state index contributed by atoms with van der Waals surface area (Å²) < 4.78 is 0. The number of likely N-dealkylation sites (N-methyl/N-ethyl adjacent to an activating group) is 1. The summed E-state index contributed by atoms with van der Waals surface area (Å²) in [5.41, 5.74) is 3.78. The number of aliphatic hydroxyl groups excluding tert-OH is 2. The first-order valence-corrected chi connectivity index (χ1v) is 13.6. The van der Waals surface area contributed by atoms with E-state index in [0.29, 0.717) is 23.6 Å². The van der Waals surface area contributed by atoms with Gasteiger partial charge in [0.1, 0.15) is 22.8 Å². The Morgan fingerprint density at radius 2 is 1.83 bits per heavy atom. The Morgan fingerprint density at radius 1 is 1.20 bits per heavy atom. The first-order chi connectivity index (χ1) is 18.7. The van der Waals surface area contributed by atoms with Gasteiger partial charge < -0.3 is 36.4 Å². The maximum Gasteiger partial charge on any atom is 0.255 e. The second-order valence-electron chi connectivity index (χ2n) is 11.8. The molecule has 1 amide bonds. The summed E-state index contributed by atoms with van der Waals surface area (Å²) in [4.78, 5) is 42.8. The van der Waals surface area contributed by atoms with E-state index in [1.807, 2.05) is 25.1 Å². The molecule has 3 aliphatic carbocycles. The minimum Gasteiger partial charge on any atom is -0.508 e. The van der Waals surface area contributed by atoms with E-state index in [-0.39, 0.29) is 37.2 Å². The van der Waals surface area contributed by atoms with E-state index < -0.39 is 58.0 Å². The lowest BCUT2D eigenvalue weighted by Gasteiger charge is -2.50. The zero-order chi connectivity index (χ0) is 29.8. The highest BCUT2D eigenvalue weighted by molar-refractivity contribution is 6.24. The number of benzene rings is 1. The van der Waals surface area contributed by atoms with Crippen molar-refractivity contribution in [3.8, 4) is 5.75 Å². The Labute approximate surface area is 241 Å². The van der Waals surface area contributed by atoms with Crippen LogP contribution in [0.4, 0.5) is 5.69 Å². The Balaban J connectivity index is 0.00000462. The van der Waals surface area contributed by atoms with Crippen molar-refractivity contribution in [1.29, 1.82) is 0 Å². The van der Waals surface area contributed by atoms with E-state index in [1.54, 1.807) is 14.1 Å². The van der Waals surface area contributed by atoms with E-state index in [4.69, 9.17) is 5.73 Å². The van der Waals surface area contributed by atoms with Crippen LogP contribution in [0.5, 0.6) is 5.75 Å². The van der Waals surface area contributed by atoms with Crippen molar-refractivity contribution in [3.05, 3.63) is 39.7 Å². The molecule has 1 aromatic rings. The molecule has 0 saturated heterocycles. The van der Waals surface area contributed by atoms with Gasteiger partial charge in [0.2, 0.25) is 5.78 Å². The number of nitrogens with two attached hydrogens (primary N) is 1. The fourth-order valence-corrected chi connectivity index (χ4v) is 6.48. The van der Waals surface area contributed by atoms with Gasteiger partial charge in [-0.1, -0.05) is 27.7 Å². The van der Waals surface area contributed by atoms with Gasteiger partial charge in [0.05, 0.1) is 11.6 Å². The molecular weight excluding hydrogens is 528 g/mol. The van der Waals surface area contributed by atoms with Crippen LogP contribution in [0.2, 0.25) is 0 Å². The van der Waals surface area contributed by atoms with Crippen molar-refractivity contribution in [2.75, 3.05) is 39.6 Å². The second-order valence-corrected chi connectivity index (χ2v) is 11.8. The number of carbonyl (C=O) groups excluding carboxylic acids is 3. The van der Waals surface area contributed by atoms with Crippen LogP contribution in [0.3, 0.4) is 0 Å². The SMILES string of the molecule is C.CCC(C)CNCc1cc(N(C)C)c2c(c1O)C(O)=C1C(=O)[C@]3(O)C(O)=C(C(N)=O)C(=O)[C@@H](N(C)C)[C@@H]3C[C@@H]1C2. The molecule has 1 unspecified atom stereocenters. The third-order valence-corrected chi connectivity index (χ3v) is 8.76. The number of primary amides is 1. The molecule has 0 heterocycles. The van der Waals surface area contributed by atoms with Crippen molar-refractivity contribution in [2.24, 2.45) is 23.5 Å². The second kappa shape index (κ2) is 11.5. The number of aliphatic hydroxyl groups is 3. The quantitative estimate of drug-likeness (QED) is 0.252. The number of aromatic hydroxyl groups is 1. The van der Waals surface area contributed by atoms with Crippen LogP contribution in [0.25, 0.3) is 5.76 Å². The predicted molar refractivity (Wildman–Crippen MR) is 156 cm³/mol. The number of amides is 1. The fraction of sp³-hybridized carbons (Fsp3) is 0.567. The van der Waals surface area contributed by atoms with Crippen LogP contribution in [0, 0.1) is 17.8 Å². The van der Waals surface area contributed by atoms with Crippen molar-refractivity contribution in [3.63, 3.8) is 0 Å². The van der Waals surface area contributed by atoms with Gasteiger partial charge in [0.25, 0.3) is 5.91 Å². The van der Waals surface area contributed by atoms with Crippen LogP contribution in [-0.4, -0.2) is 89.2 Å². The zero-order valence-corrected chi connectivity index (χ0v) is 23.9. The van der Waals surface area contributed by atoms with Gasteiger partial charge in [0.15, 0.2) is 11.4 Å². The number of phenols is 1. The molecule has 11 heteroatoms. The molecule has 5 atom stereocenters. The number of Topliss-reactive ketones (excluding diaryl/α,β-unsaturated/α-hetero) is 2. The van der Waals surface area contributed by atoms with Crippen LogP contribution in [0.1, 0.15) is 50.8 Å². The van der Waals surface area contributed by atoms with Gasteiger partial charge in [-0.15, -0.1) is 0 Å². The monoisotopic (exact) mass is 572 g/mol. The summed E-state index contributed by atoms with van der Waals surface area (Å²) >= 11 is 0. The van der Waals surface area contributed by atoms with Gasteiger partial charge >= 0.3 is 0 Å². The van der Waals surface area contributed by atoms with Crippen LogP contribution in [0.15, 0.2) is 23.0 Å². The molecule has 1 saturated carbocycles. The summed E-state index contributed by atoms with van der Waals surface area (Å²) in [5, 5.41) is 49.0. The number of rotatable bonds is 8. The lowest BCUT2D eigenvalue weighted by molar-refractivity contribution is -0.153. The topological polar surface area (TPSA) is 177 Å². The van der Waals surface area contributed by atoms with Crippen LogP contribution < -0.4 is 16.0 Å². The van der Waals surface area contributed by atoms with Crippen LogP contribution >= 0.6 is 0 Å². The number of carbonyl (C=O) groups is 3. The summed E-state index contributed by atoms with van der Waals surface area (Å²) in [5.74, 6) is -6.09. The van der Waals surface area contributed by atoms with E-state index in [1.165, 1.54) is 4.90 Å². The number of nitrogens with one attached hydrogen (secondary N) is 1. The summed E-state index contributed by atoms with van der Waals surface area (Å²) in [6.45, 7) is 5.26. The molecular formula is C30H44N4O7. The summed E-state index contributed by atoms with van der Waals surface area (Å²) in [6.07, 6.45) is 1.29. The largest absolute Gasteiger partial charge is 0.508 e. The smallest absolute Gasteiger partial charge is 0.255 e. The maximum absolute atomic E-state index is 14.0. The third-order valence-electron chi connectivity index (χ3n) is 8.76. The molecule has 11 nitrogen and oxygen atoms in total. The lowest BCUT2D eigenvalue weighted by Crippen LogP contribution is -2.65. The Hall–Kier alpha value is -3.41. The number of hydrogen-bond donors (Lipinski definition) is 6. The van der Waals surface area contributed by atoms with Gasteiger partial charge in [0, 0.05) is 43.4 Å². The molecule has 0 aromatic heterocycles. The molecule has 41 heavy (non-hydrogen) atoms. The minimum absolute atomic E-state index is 0. The lowest BCUT2D eigenvalue weighted by atomic mass is 9.57. The van der Waals surface area contributed by atoms with Crippen molar-refractivity contribution in [2.45, 2.75) is 58.7 Å². The molecule has 0 radical (unpaired) electrons. The highest BCUT2D eigenvalue weighted by Gasteiger charge is 2.64. The van der Waals surface area contributed by atoms with Crippen molar-refractivity contribution >= 4 is 28.9 Å². The van der Waals surface area contributed by atoms with Crippen molar-refractivity contribution < 1.29 is 34.8 Å². The number of ketones is 2. The van der Waals surface area contributed by atoms with E-state index >= 15 is 0 Å². The molecule has 1 fully saturated rings. The average molecular weight is 573 g/mol. The Bertz CT molecular complexity index is 1330. The normalized spacial score (nSPS) is 26.3. The first-order valence-electron chi connectivity index (χ1n) is 13.6. The van der Waals surface area contributed by atoms with Gasteiger partial charge in [-0.2, -0.15) is 0 Å². The Kier molecular flexibility index (Phi) is 8.98. The van der Waals surface area contributed by atoms with E-state index in [2.05, 4.69) is 19.2 Å². The minimum atomic E-state index is -2.65. The molecule has 0 bridgehead atoms. The molecule has 4 rings (SSSR count). The fourth-order valence-electron chi connectivity index (χ4n) is 6.48. The summed E-state index contributed by atoms with van der Waals surface area (Å²) in [7, 11) is 6.85. The number of anilines is 1. The standard InChI is InChI=1S/C29H40N4O7.CH4/c1-7-13(2)11-31-12-15-10-18(32(3)4)16-8-14-9-17-22(33(5)6)25(36)21(28(30)39)27(38)29(17,40)26(37)19(14)24(35)20(16)23(15)34;/h10,13-14,17,22,31,34-35,38,40H,7-9,11-12H2,1-6H3,(H2,30,39);1H4/t13?,14-,17-,22-,29-;/m0./s1. The number of hydrogen-bond acceptors (Lipinski definition) is 10. The Morgan fingerprint density at radius 3 is 2.37 bits per heavy atom. The molecule has 1 aromatic carbocycles.